The lowest BCUT2D eigenvalue weighted by atomic mass is 10.1. The van der Waals surface area contributed by atoms with E-state index in [1.165, 1.54) is 11.1 Å². The van der Waals surface area contributed by atoms with E-state index in [0.29, 0.717) is 5.58 Å². The van der Waals surface area contributed by atoms with Crippen LogP contribution in [0.2, 0.25) is 0 Å². The van der Waals surface area contributed by atoms with Crippen molar-refractivity contribution in [2.24, 2.45) is 5.10 Å². The highest BCUT2D eigenvalue weighted by molar-refractivity contribution is 9.11. The van der Waals surface area contributed by atoms with Crippen LogP contribution >= 0.6 is 31.9 Å². The molecule has 0 aliphatic heterocycles. The van der Waals surface area contributed by atoms with E-state index in [1.807, 2.05) is 35.0 Å². The molecular formula is C22H17Br2N3O2. The molecule has 0 aliphatic carbocycles. The fourth-order valence-corrected chi connectivity index (χ4v) is 4.35. The second kappa shape index (κ2) is 8.00. The molecule has 0 radical (unpaired) electrons. The molecule has 29 heavy (non-hydrogen) atoms. The van der Waals surface area contributed by atoms with Gasteiger partial charge in [0.05, 0.1) is 16.4 Å². The summed E-state index contributed by atoms with van der Waals surface area (Å²) in [6.07, 6.45) is 3.57. The van der Waals surface area contributed by atoms with Crippen LogP contribution in [0, 0.1) is 13.8 Å². The summed E-state index contributed by atoms with van der Waals surface area (Å²) < 4.78 is 9.35. The molecule has 5 nitrogen and oxygen atoms in total. The van der Waals surface area contributed by atoms with Crippen molar-refractivity contribution in [2.45, 2.75) is 13.8 Å². The van der Waals surface area contributed by atoms with Crippen LogP contribution in [0.5, 0.6) is 0 Å². The molecule has 0 bridgehead atoms. The minimum absolute atomic E-state index is 0.195. The Kier molecular flexibility index (Phi) is 5.43. The monoisotopic (exact) mass is 513 g/mol. The zero-order valence-corrected chi connectivity index (χ0v) is 18.9. The summed E-state index contributed by atoms with van der Waals surface area (Å²) in [7, 11) is 0. The van der Waals surface area contributed by atoms with E-state index in [2.05, 4.69) is 74.4 Å². The standard InChI is InChI=1S/C22H17Br2N3O2/c1-13-5-6-17(8-14(13)2)27-7-3-4-18(27)12-25-26-22(28)20-10-15-9-16(23)11-19(24)21(15)29-20/h3-12H,1-2H3,(H,26,28). The Hall–Kier alpha value is -2.64. The molecule has 146 valence electrons. The van der Waals surface area contributed by atoms with Gasteiger partial charge in [0, 0.05) is 21.7 Å². The number of aromatic nitrogens is 1. The lowest BCUT2D eigenvalue weighted by molar-refractivity contribution is 0.0929. The molecule has 7 heteroatoms. The number of hydrazone groups is 1. The van der Waals surface area contributed by atoms with E-state index in [-0.39, 0.29) is 5.76 Å². The largest absolute Gasteiger partial charge is 0.450 e. The number of fused-ring (bicyclic) bond motifs is 1. The van der Waals surface area contributed by atoms with E-state index in [0.717, 1.165) is 25.7 Å². The number of nitrogens with one attached hydrogen (secondary N) is 1. The van der Waals surface area contributed by atoms with Crippen molar-refractivity contribution in [1.82, 2.24) is 9.99 Å². The Morgan fingerprint density at radius 2 is 1.93 bits per heavy atom. The highest BCUT2D eigenvalue weighted by Crippen LogP contribution is 2.31. The minimum Gasteiger partial charge on any atom is -0.450 e. The Morgan fingerprint density at radius 3 is 2.72 bits per heavy atom. The third kappa shape index (κ3) is 4.06. The quantitative estimate of drug-likeness (QED) is 0.263. The molecule has 2 aromatic carbocycles. The normalized spacial score (nSPS) is 11.4. The smallest absolute Gasteiger partial charge is 0.307 e. The van der Waals surface area contributed by atoms with Crippen molar-refractivity contribution in [3.8, 4) is 5.69 Å². The van der Waals surface area contributed by atoms with Gasteiger partial charge < -0.3 is 8.98 Å². The summed E-state index contributed by atoms with van der Waals surface area (Å²) in [5, 5.41) is 4.92. The van der Waals surface area contributed by atoms with Crippen molar-refractivity contribution >= 4 is 55.0 Å². The molecule has 4 rings (SSSR count). The number of halogens is 2. The molecule has 1 N–H and O–H groups in total. The number of carbonyl (C=O) groups excluding carboxylic acids is 1. The topological polar surface area (TPSA) is 59.5 Å². The predicted octanol–water partition coefficient (Wildman–Crippen LogP) is 6.13. The summed E-state index contributed by atoms with van der Waals surface area (Å²) in [5.74, 6) is -0.217. The first-order valence-corrected chi connectivity index (χ1v) is 10.5. The SMILES string of the molecule is Cc1ccc(-n2cccc2C=NNC(=O)c2cc3cc(Br)cc(Br)c3o2)cc1C. The second-order valence-electron chi connectivity index (χ2n) is 6.69. The average Bonchev–Trinajstić information content (AvgIpc) is 3.31. The van der Waals surface area contributed by atoms with Crippen molar-refractivity contribution < 1.29 is 9.21 Å². The molecule has 0 aliphatic rings. The first-order chi connectivity index (χ1) is 13.9. The van der Waals surface area contributed by atoms with Gasteiger partial charge >= 0.3 is 5.91 Å². The zero-order valence-electron chi connectivity index (χ0n) is 15.7. The summed E-state index contributed by atoms with van der Waals surface area (Å²) in [6, 6.07) is 15.6. The maximum absolute atomic E-state index is 12.4. The number of furan rings is 1. The summed E-state index contributed by atoms with van der Waals surface area (Å²) >= 11 is 6.87. The number of aryl methyl sites for hydroxylation is 2. The minimum atomic E-state index is -0.412. The van der Waals surface area contributed by atoms with Gasteiger partial charge in [0.2, 0.25) is 0 Å². The van der Waals surface area contributed by atoms with E-state index >= 15 is 0 Å². The Balaban J connectivity index is 1.53. The maximum Gasteiger partial charge on any atom is 0.307 e. The number of rotatable bonds is 4. The number of carbonyl (C=O) groups is 1. The first-order valence-electron chi connectivity index (χ1n) is 8.89. The van der Waals surface area contributed by atoms with Gasteiger partial charge in [-0.2, -0.15) is 5.10 Å². The molecular weight excluding hydrogens is 498 g/mol. The number of nitrogens with zero attached hydrogens (tertiary/aromatic N) is 2. The van der Waals surface area contributed by atoms with Crippen LogP contribution in [0.15, 0.2) is 73.2 Å². The molecule has 1 amide bonds. The molecule has 0 saturated heterocycles. The molecule has 2 aromatic heterocycles. The lowest BCUT2D eigenvalue weighted by Crippen LogP contribution is -2.17. The van der Waals surface area contributed by atoms with Crippen LogP contribution < -0.4 is 5.43 Å². The van der Waals surface area contributed by atoms with E-state index in [9.17, 15) is 4.79 Å². The van der Waals surface area contributed by atoms with Crippen molar-refractivity contribution in [3.63, 3.8) is 0 Å². The Labute approximate surface area is 184 Å². The molecule has 0 fully saturated rings. The van der Waals surface area contributed by atoms with Gasteiger partial charge in [-0.15, -0.1) is 0 Å². The molecule has 0 atom stereocenters. The van der Waals surface area contributed by atoms with Crippen molar-refractivity contribution in [2.75, 3.05) is 0 Å². The molecule has 0 unspecified atom stereocenters. The van der Waals surface area contributed by atoms with Crippen LogP contribution in [0.25, 0.3) is 16.7 Å². The van der Waals surface area contributed by atoms with Gasteiger partial charge in [-0.25, -0.2) is 5.43 Å². The van der Waals surface area contributed by atoms with Gasteiger partial charge in [0.15, 0.2) is 5.76 Å². The molecule has 0 spiro atoms. The molecule has 2 heterocycles. The highest BCUT2D eigenvalue weighted by Gasteiger charge is 2.14. The zero-order chi connectivity index (χ0) is 20.5. The fraction of sp³-hybridized carbons (Fsp3) is 0.0909. The van der Waals surface area contributed by atoms with Crippen LogP contribution in [0.4, 0.5) is 0 Å². The van der Waals surface area contributed by atoms with Crippen molar-refractivity contribution in [3.05, 3.63) is 86.3 Å². The lowest BCUT2D eigenvalue weighted by Gasteiger charge is -2.09. The van der Waals surface area contributed by atoms with Crippen LogP contribution in [-0.2, 0) is 0 Å². The Morgan fingerprint density at radius 1 is 1.10 bits per heavy atom. The predicted molar refractivity (Wildman–Crippen MR) is 122 cm³/mol. The maximum atomic E-state index is 12.4. The summed E-state index contributed by atoms with van der Waals surface area (Å²) in [4.78, 5) is 12.4. The van der Waals surface area contributed by atoms with Gasteiger partial charge in [-0.05, 0) is 83.4 Å². The Bertz CT molecular complexity index is 1250. The van der Waals surface area contributed by atoms with Gasteiger partial charge in [0.1, 0.15) is 5.58 Å². The molecule has 4 aromatic rings. The van der Waals surface area contributed by atoms with Crippen molar-refractivity contribution in [1.29, 1.82) is 0 Å². The number of benzene rings is 2. The second-order valence-corrected chi connectivity index (χ2v) is 8.46. The number of hydrogen-bond donors (Lipinski definition) is 1. The van der Waals surface area contributed by atoms with Gasteiger partial charge in [0.25, 0.3) is 0 Å². The first kappa shape index (κ1) is 19.7. The van der Waals surface area contributed by atoms with Gasteiger partial charge in [-0.1, -0.05) is 22.0 Å². The van der Waals surface area contributed by atoms with E-state index in [1.54, 1.807) is 12.3 Å². The fourth-order valence-electron chi connectivity index (χ4n) is 3.01. The average molecular weight is 515 g/mol. The number of hydrogen-bond acceptors (Lipinski definition) is 3. The summed E-state index contributed by atoms with van der Waals surface area (Å²) in [5.41, 5.74) is 7.50. The van der Waals surface area contributed by atoms with Crippen LogP contribution in [0.3, 0.4) is 0 Å². The summed E-state index contributed by atoms with van der Waals surface area (Å²) in [6.45, 7) is 4.17. The van der Waals surface area contributed by atoms with E-state index in [4.69, 9.17) is 4.42 Å². The number of amides is 1. The highest BCUT2D eigenvalue weighted by atomic mass is 79.9. The molecule has 0 saturated carbocycles. The third-order valence-electron chi connectivity index (χ3n) is 4.67. The third-order valence-corrected chi connectivity index (χ3v) is 5.72. The van der Waals surface area contributed by atoms with Crippen LogP contribution in [-0.4, -0.2) is 16.7 Å². The van der Waals surface area contributed by atoms with E-state index < -0.39 is 5.91 Å². The van der Waals surface area contributed by atoms with Crippen LogP contribution in [0.1, 0.15) is 27.4 Å². The van der Waals surface area contributed by atoms with Gasteiger partial charge in [-0.3, -0.25) is 4.79 Å².